The van der Waals surface area contributed by atoms with Crippen LogP contribution in [0.2, 0.25) is 0 Å². The second kappa shape index (κ2) is 6.06. The monoisotopic (exact) mass is 262 g/mol. The van der Waals surface area contributed by atoms with E-state index in [9.17, 15) is 4.79 Å². The number of nitrogens with zero attached hydrogens (tertiary/aromatic N) is 1. The summed E-state index contributed by atoms with van der Waals surface area (Å²) >= 11 is 0. The second-order valence-corrected chi connectivity index (χ2v) is 5.35. The third-order valence-electron chi connectivity index (χ3n) is 3.84. The van der Waals surface area contributed by atoms with E-state index < -0.39 is 5.97 Å². The normalized spacial score (nSPS) is 15.1. The smallest absolute Gasteiger partial charge is 0.304 e. The molecule has 0 saturated heterocycles. The van der Waals surface area contributed by atoms with Crippen LogP contribution >= 0.6 is 0 Å². The van der Waals surface area contributed by atoms with Gasteiger partial charge in [-0.15, -0.1) is 0 Å². The molecule has 2 N–H and O–H groups in total. The Balaban J connectivity index is 1.91. The SMILES string of the molecule is CC(Cc1ccc2c(c1)CCN2)N(C)CCC(=O)O. The highest BCUT2D eigenvalue weighted by Crippen LogP contribution is 2.23. The fourth-order valence-electron chi connectivity index (χ4n) is 2.47. The van der Waals surface area contributed by atoms with Crippen molar-refractivity contribution in [3.8, 4) is 0 Å². The number of hydrogen-bond donors (Lipinski definition) is 2. The van der Waals surface area contributed by atoms with Gasteiger partial charge in [0.25, 0.3) is 0 Å². The minimum Gasteiger partial charge on any atom is -0.481 e. The maximum absolute atomic E-state index is 10.6. The van der Waals surface area contributed by atoms with E-state index in [0.717, 1.165) is 19.4 Å². The average molecular weight is 262 g/mol. The van der Waals surface area contributed by atoms with Crippen LogP contribution in [0.5, 0.6) is 0 Å². The zero-order valence-electron chi connectivity index (χ0n) is 11.6. The topological polar surface area (TPSA) is 52.6 Å². The summed E-state index contributed by atoms with van der Waals surface area (Å²) in [7, 11) is 1.99. The van der Waals surface area contributed by atoms with Crippen LogP contribution in [0.15, 0.2) is 18.2 Å². The standard InChI is InChI=1S/C15H22N2O2/c1-11(17(2)8-6-15(18)19)9-12-3-4-14-13(10-12)5-7-16-14/h3-4,10-11,16H,5-9H2,1-2H3,(H,18,19). The number of benzene rings is 1. The summed E-state index contributed by atoms with van der Waals surface area (Å²) in [5, 5.41) is 12.1. The molecule has 0 amide bonds. The highest BCUT2D eigenvalue weighted by molar-refractivity contribution is 5.66. The van der Waals surface area contributed by atoms with Crippen LogP contribution in [0.4, 0.5) is 5.69 Å². The molecule has 4 nitrogen and oxygen atoms in total. The molecule has 1 aliphatic rings. The van der Waals surface area contributed by atoms with Gasteiger partial charge >= 0.3 is 5.97 Å². The van der Waals surface area contributed by atoms with Crippen molar-refractivity contribution in [1.82, 2.24) is 4.90 Å². The van der Waals surface area contributed by atoms with Crippen molar-refractivity contribution < 1.29 is 9.90 Å². The van der Waals surface area contributed by atoms with E-state index in [1.54, 1.807) is 0 Å². The molecule has 0 bridgehead atoms. The lowest BCUT2D eigenvalue weighted by Crippen LogP contribution is -2.32. The third kappa shape index (κ3) is 3.70. The van der Waals surface area contributed by atoms with Gasteiger partial charge in [-0.3, -0.25) is 4.79 Å². The van der Waals surface area contributed by atoms with E-state index in [1.807, 2.05) is 7.05 Å². The Kier molecular flexibility index (Phi) is 4.43. The number of aliphatic carboxylic acids is 1. The molecule has 0 aromatic heterocycles. The molecule has 0 aliphatic carbocycles. The summed E-state index contributed by atoms with van der Waals surface area (Å²) in [6.45, 7) is 3.78. The molecule has 0 fully saturated rings. The van der Waals surface area contributed by atoms with Crippen LogP contribution in [0, 0.1) is 0 Å². The van der Waals surface area contributed by atoms with Gasteiger partial charge in [0.15, 0.2) is 0 Å². The fraction of sp³-hybridized carbons (Fsp3) is 0.533. The van der Waals surface area contributed by atoms with E-state index in [0.29, 0.717) is 12.6 Å². The molecule has 0 spiro atoms. The van der Waals surface area contributed by atoms with Gasteiger partial charge in [0.2, 0.25) is 0 Å². The quantitative estimate of drug-likeness (QED) is 0.823. The van der Waals surface area contributed by atoms with E-state index in [2.05, 4.69) is 35.3 Å². The van der Waals surface area contributed by atoms with Crippen LogP contribution in [0.1, 0.15) is 24.5 Å². The summed E-state index contributed by atoms with van der Waals surface area (Å²) in [6, 6.07) is 6.95. The first kappa shape index (κ1) is 13.9. The van der Waals surface area contributed by atoms with E-state index in [-0.39, 0.29) is 6.42 Å². The van der Waals surface area contributed by atoms with Gasteiger partial charge in [0.1, 0.15) is 0 Å². The Hall–Kier alpha value is -1.55. The van der Waals surface area contributed by atoms with Gasteiger partial charge in [-0.25, -0.2) is 0 Å². The molecular formula is C15H22N2O2. The number of hydrogen-bond acceptors (Lipinski definition) is 3. The van der Waals surface area contributed by atoms with E-state index in [1.165, 1.54) is 16.8 Å². The fourth-order valence-corrected chi connectivity index (χ4v) is 2.47. The summed E-state index contributed by atoms with van der Waals surface area (Å²) in [6.07, 6.45) is 2.27. The highest BCUT2D eigenvalue weighted by Gasteiger charge is 2.14. The first-order chi connectivity index (χ1) is 9.06. The Morgan fingerprint density at radius 1 is 1.53 bits per heavy atom. The molecule has 1 aliphatic heterocycles. The number of anilines is 1. The van der Waals surface area contributed by atoms with Gasteiger partial charge < -0.3 is 15.3 Å². The van der Waals surface area contributed by atoms with Gasteiger partial charge in [-0.2, -0.15) is 0 Å². The number of rotatable bonds is 6. The summed E-state index contributed by atoms with van der Waals surface area (Å²) in [5.74, 6) is -0.734. The molecule has 1 aromatic carbocycles. The van der Waals surface area contributed by atoms with Crippen LogP contribution in [0.3, 0.4) is 0 Å². The van der Waals surface area contributed by atoms with Crippen LogP contribution in [-0.4, -0.2) is 42.2 Å². The minimum absolute atomic E-state index is 0.203. The first-order valence-electron chi connectivity index (χ1n) is 6.84. The minimum atomic E-state index is -0.734. The molecule has 2 rings (SSSR count). The number of carbonyl (C=O) groups is 1. The largest absolute Gasteiger partial charge is 0.481 e. The molecule has 1 unspecified atom stereocenters. The predicted octanol–water partition coefficient (Wildman–Crippen LogP) is 1.99. The lowest BCUT2D eigenvalue weighted by Gasteiger charge is -2.24. The van der Waals surface area contributed by atoms with Gasteiger partial charge in [0.05, 0.1) is 6.42 Å². The summed E-state index contributed by atoms with van der Waals surface area (Å²) < 4.78 is 0. The van der Waals surface area contributed by atoms with Gasteiger partial charge in [-0.05, 0) is 44.0 Å². The number of nitrogens with one attached hydrogen (secondary N) is 1. The van der Waals surface area contributed by atoms with Crippen LogP contribution < -0.4 is 5.32 Å². The van der Waals surface area contributed by atoms with Crippen molar-refractivity contribution in [3.05, 3.63) is 29.3 Å². The number of carboxylic acids is 1. The summed E-state index contributed by atoms with van der Waals surface area (Å²) in [5.41, 5.74) is 3.99. The molecule has 4 heteroatoms. The molecule has 104 valence electrons. The molecular weight excluding hydrogens is 240 g/mol. The van der Waals surface area contributed by atoms with Crippen molar-refractivity contribution in [2.45, 2.75) is 32.2 Å². The Labute approximate surface area is 114 Å². The zero-order valence-corrected chi connectivity index (χ0v) is 11.6. The maximum atomic E-state index is 10.6. The number of likely N-dealkylation sites (N-methyl/N-ethyl adjacent to an activating group) is 1. The molecule has 19 heavy (non-hydrogen) atoms. The Bertz CT molecular complexity index is 459. The molecule has 0 saturated carbocycles. The predicted molar refractivity (Wildman–Crippen MR) is 76.7 cm³/mol. The van der Waals surface area contributed by atoms with Gasteiger partial charge in [-0.1, -0.05) is 12.1 Å². The van der Waals surface area contributed by atoms with Crippen LogP contribution in [-0.2, 0) is 17.6 Å². The number of fused-ring (bicyclic) bond motifs is 1. The molecule has 1 aromatic rings. The maximum Gasteiger partial charge on any atom is 0.304 e. The van der Waals surface area contributed by atoms with Crippen molar-refractivity contribution >= 4 is 11.7 Å². The van der Waals surface area contributed by atoms with E-state index >= 15 is 0 Å². The lowest BCUT2D eigenvalue weighted by atomic mass is 10.0. The third-order valence-corrected chi connectivity index (χ3v) is 3.84. The van der Waals surface area contributed by atoms with Crippen molar-refractivity contribution in [2.24, 2.45) is 0 Å². The van der Waals surface area contributed by atoms with Gasteiger partial charge in [0, 0.05) is 24.8 Å². The zero-order chi connectivity index (χ0) is 13.8. The second-order valence-electron chi connectivity index (χ2n) is 5.35. The Morgan fingerprint density at radius 2 is 2.32 bits per heavy atom. The average Bonchev–Trinajstić information content (AvgIpc) is 2.83. The highest BCUT2D eigenvalue weighted by atomic mass is 16.4. The van der Waals surface area contributed by atoms with Crippen LogP contribution in [0.25, 0.3) is 0 Å². The molecule has 1 atom stereocenters. The first-order valence-corrected chi connectivity index (χ1v) is 6.84. The van der Waals surface area contributed by atoms with E-state index in [4.69, 9.17) is 5.11 Å². The van der Waals surface area contributed by atoms with Crippen molar-refractivity contribution in [3.63, 3.8) is 0 Å². The molecule has 1 heterocycles. The van der Waals surface area contributed by atoms with Crippen molar-refractivity contribution in [1.29, 1.82) is 0 Å². The summed E-state index contributed by atoms with van der Waals surface area (Å²) in [4.78, 5) is 12.7. The molecule has 0 radical (unpaired) electrons. The Morgan fingerprint density at radius 3 is 3.05 bits per heavy atom. The number of carboxylic acid groups (broad SMARTS) is 1. The van der Waals surface area contributed by atoms with Crippen molar-refractivity contribution in [2.75, 3.05) is 25.5 Å². The lowest BCUT2D eigenvalue weighted by molar-refractivity contribution is -0.137.